The average Bonchev–Trinajstić information content (AvgIpc) is 3.06. The number of hydrogen-bond donors (Lipinski definition) is 2. The molecule has 2 aliphatic carbocycles. The number of aliphatic imine (C=N–C) groups is 1. The van der Waals surface area contributed by atoms with E-state index in [0.717, 1.165) is 80.3 Å². The van der Waals surface area contributed by atoms with Gasteiger partial charge in [0, 0.05) is 43.8 Å². The van der Waals surface area contributed by atoms with Gasteiger partial charge in [-0.2, -0.15) is 0 Å². The second-order valence-electron chi connectivity index (χ2n) is 16.0. The summed E-state index contributed by atoms with van der Waals surface area (Å²) in [7, 11) is 0. The van der Waals surface area contributed by atoms with Crippen LogP contribution in [0.25, 0.3) is 10.9 Å². The Kier molecular flexibility index (Phi) is 10.3. The third-order valence-corrected chi connectivity index (χ3v) is 12.6. The molecule has 1 saturated heterocycles. The van der Waals surface area contributed by atoms with E-state index < -0.39 is 0 Å². The third kappa shape index (κ3) is 7.34. The van der Waals surface area contributed by atoms with Gasteiger partial charge >= 0.3 is 0 Å². The van der Waals surface area contributed by atoms with Gasteiger partial charge in [-0.15, -0.1) is 0 Å². The molecule has 2 saturated carbocycles. The Hall–Kier alpha value is -3.26. The van der Waals surface area contributed by atoms with Gasteiger partial charge in [-0.1, -0.05) is 66.5 Å². The van der Waals surface area contributed by atoms with Crippen molar-refractivity contribution >= 4 is 22.5 Å². The summed E-state index contributed by atoms with van der Waals surface area (Å²) in [5, 5.41) is 7.95. The topological polar surface area (TPSA) is 74.6 Å². The lowest BCUT2D eigenvalue weighted by molar-refractivity contribution is 0.0266. The Morgan fingerprint density at radius 1 is 1.04 bits per heavy atom. The number of guanidine groups is 1. The first-order valence-electron chi connectivity index (χ1n) is 18.5. The van der Waals surface area contributed by atoms with Crippen molar-refractivity contribution in [2.45, 2.75) is 112 Å². The molecule has 260 valence electrons. The highest BCUT2D eigenvalue weighted by molar-refractivity contribution is 5.96. The number of aryl methyl sites for hydroxylation is 1. The largest absolute Gasteiger partial charge is 0.340 e. The van der Waals surface area contributed by atoms with Crippen LogP contribution in [0.15, 0.2) is 52.3 Å². The van der Waals surface area contributed by atoms with Crippen LogP contribution in [0, 0.1) is 34.9 Å². The van der Waals surface area contributed by atoms with E-state index in [4.69, 9.17) is 9.98 Å². The van der Waals surface area contributed by atoms with Crippen LogP contribution in [0.1, 0.15) is 97.9 Å². The number of halogens is 1. The Bertz CT molecular complexity index is 1660. The first-order chi connectivity index (χ1) is 22.9. The molecule has 0 amide bonds. The maximum Gasteiger partial charge on any atom is 0.261 e. The fourth-order valence-electron chi connectivity index (χ4n) is 8.37. The quantitative estimate of drug-likeness (QED) is 0.209. The van der Waals surface area contributed by atoms with Gasteiger partial charge in [0.1, 0.15) is 11.6 Å². The zero-order chi connectivity index (χ0) is 34.2. The smallest absolute Gasteiger partial charge is 0.261 e. The molecular formula is C40H57FN6O. The fraction of sp³-hybridized carbons (Fsp3) is 0.625. The highest BCUT2D eigenvalue weighted by Crippen LogP contribution is 2.48. The summed E-state index contributed by atoms with van der Waals surface area (Å²) in [4.78, 5) is 27.3. The average molecular weight is 657 g/mol. The number of nitrogens with one attached hydrogen (secondary N) is 2. The highest BCUT2D eigenvalue weighted by Gasteiger charge is 2.44. The summed E-state index contributed by atoms with van der Waals surface area (Å²) in [6, 6.07) is 13.2. The molecule has 1 aromatic heterocycles. The van der Waals surface area contributed by atoms with E-state index in [-0.39, 0.29) is 28.8 Å². The van der Waals surface area contributed by atoms with E-state index in [1.807, 2.05) is 28.8 Å². The standard InChI is InChI=1S/C40H57FN6O/c1-25-8-12-31(13-9-25)37-44-36-23-33(16-17-34(36)38(48)47(37)20-18-30-10-14-32(41)15-11-30)43-39(46-21-19-42-27(3)24-46)45-35-22-26(2)40(6,7)29(5)28(35)4/h10-11,14-17,23,25-29,31,35,42H,8-9,12-13,18-22,24H2,1-7H3,(H,43,45)/t25?,26-,27+,28+,29+,31?,35?/m1/s1. The van der Waals surface area contributed by atoms with E-state index >= 15 is 0 Å². The Morgan fingerprint density at radius 3 is 2.48 bits per heavy atom. The minimum atomic E-state index is -0.245. The monoisotopic (exact) mass is 656 g/mol. The predicted molar refractivity (Wildman–Crippen MR) is 196 cm³/mol. The van der Waals surface area contributed by atoms with Crippen LogP contribution in [0.5, 0.6) is 0 Å². The number of piperazine rings is 1. The summed E-state index contributed by atoms with van der Waals surface area (Å²) in [5.74, 6) is 4.14. The molecule has 1 unspecified atom stereocenters. The van der Waals surface area contributed by atoms with E-state index in [9.17, 15) is 9.18 Å². The van der Waals surface area contributed by atoms with Crippen molar-refractivity contribution in [3.05, 3.63) is 70.0 Å². The van der Waals surface area contributed by atoms with Crippen molar-refractivity contribution in [2.24, 2.45) is 34.1 Å². The maximum atomic E-state index is 14.2. The normalized spacial score (nSPS) is 29.6. The highest BCUT2D eigenvalue weighted by atomic mass is 19.1. The van der Waals surface area contributed by atoms with Crippen LogP contribution in [0.2, 0.25) is 0 Å². The zero-order valence-corrected chi connectivity index (χ0v) is 30.2. The van der Waals surface area contributed by atoms with Crippen LogP contribution in [-0.4, -0.2) is 52.1 Å². The molecule has 7 nitrogen and oxygen atoms in total. The lowest BCUT2D eigenvalue weighted by Gasteiger charge is -2.49. The van der Waals surface area contributed by atoms with Crippen LogP contribution < -0.4 is 16.2 Å². The van der Waals surface area contributed by atoms with Crippen LogP contribution in [-0.2, 0) is 13.0 Å². The van der Waals surface area contributed by atoms with Gasteiger partial charge in [0.05, 0.1) is 16.9 Å². The van der Waals surface area contributed by atoms with Gasteiger partial charge in [-0.3, -0.25) is 9.36 Å². The van der Waals surface area contributed by atoms with E-state index in [1.165, 1.54) is 12.1 Å². The van der Waals surface area contributed by atoms with Crippen molar-refractivity contribution in [1.29, 1.82) is 0 Å². The molecule has 3 fully saturated rings. The van der Waals surface area contributed by atoms with Crippen LogP contribution >= 0.6 is 0 Å². The molecule has 0 bridgehead atoms. The van der Waals surface area contributed by atoms with E-state index in [2.05, 4.69) is 70.1 Å². The van der Waals surface area contributed by atoms with E-state index in [0.29, 0.717) is 48.1 Å². The molecule has 2 aromatic carbocycles. The third-order valence-electron chi connectivity index (χ3n) is 12.6. The molecule has 6 rings (SSSR count). The molecule has 3 aromatic rings. The molecule has 48 heavy (non-hydrogen) atoms. The lowest BCUT2D eigenvalue weighted by atomic mass is 9.58. The van der Waals surface area contributed by atoms with Crippen molar-refractivity contribution in [3.8, 4) is 0 Å². The minimum Gasteiger partial charge on any atom is -0.340 e. The summed E-state index contributed by atoms with van der Waals surface area (Å²) in [5.41, 5.74) is 2.96. The van der Waals surface area contributed by atoms with Gasteiger partial charge in [0.25, 0.3) is 5.56 Å². The molecule has 8 heteroatoms. The van der Waals surface area contributed by atoms with Gasteiger partial charge < -0.3 is 15.5 Å². The fourth-order valence-corrected chi connectivity index (χ4v) is 8.37. The molecule has 3 aliphatic rings. The Balaban J connectivity index is 1.35. The first-order valence-corrected chi connectivity index (χ1v) is 18.5. The summed E-state index contributed by atoms with van der Waals surface area (Å²) >= 11 is 0. The predicted octanol–water partition coefficient (Wildman–Crippen LogP) is 7.84. The van der Waals surface area contributed by atoms with E-state index in [1.54, 1.807) is 0 Å². The second kappa shape index (κ2) is 14.3. The summed E-state index contributed by atoms with van der Waals surface area (Å²) in [6.07, 6.45) is 6.10. The van der Waals surface area contributed by atoms with Gasteiger partial charge in [-0.25, -0.2) is 14.4 Å². The SMILES string of the molecule is CC1CCC(c2nc3cc(NC(=NC4C[C@@H](C)C(C)(C)[C@@H](C)[C@@H]4C)N4CCN[C@@H](C)C4)ccc3c(=O)n2CCc2ccc(F)cc2)CC1. The van der Waals surface area contributed by atoms with Crippen molar-refractivity contribution in [1.82, 2.24) is 19.8 Å². The maximum absolute atomic E-state index is 14.2. The van der Waals surface area contributed by atoms with Gasteiger partial charge in [0.2, 0.25) is 0 Å². The van der Waals surface area contributed by atoms with Crippen LogP contribution in [0.3, 0.4) is 0 Å². The first kappa shape index (κ1) is 34.6. The molecule has 2 N–H and O–H groups in total. The number of anilines is 1. The van der Waals surface area contributed by atoms with Crippen molar-refractivity contribution in [3.63, 3.8) is 0 Å². The number of rotatable bonds is 6. The molecule has 1 aliphatic heterocycles. The minimum absolute atomic E-state index is 0.00808. The van der Waals surface area contributed by atoms with Crippen molar-refractivity contribution < 1.29 is 4.39 Å². The molecule has 2 heterocycles. The van der Waals surface area contributed by atoms with Crippen molar-refractivity contribution in [2.75, 3.05) is 25.0 Å². The number of benzene rings is 2. The Morgan fingerprint density at radius 2 is 1.77 bits per heavy atom. The van der Waals surface area contributed by atoms with Gasteiger partial charge in [-0.05, 0) is 97.6 Å². The number of nitrogens with zero attached hydrogens (tertiary/aromatic N) is 4. The second-order valence-corrected chi connectivity index (χ2v) is 16.0. The summed E-state index contributed by atoms with van der Waals surface area (Å²) < 4.78 is 15.5. The summed E-state index contributed by atoms with van der Waals surface area (Å²) in [6.45, 7) is 19.8. The molecule has 5 atom stereocenters. The molecule has 0 radical (unpaired) electrons. The number of aromatic nitrogens is 2. The van der Waals surface area contributed by atoms with Gasteiger partial charge in [0.15, 0.2) is 5.96 Å². The Labute approximate surface area is 286 Å². The molecular weight excluding hydrogens is 599 g/mol. The molecule has 0 spiro atoms. The number of hydrogen-bond acceptors (Lipinski definition) is 4. The lowest BCUT2D eigenvalue weighted by Crippen LogP contribution is -2.54. The number of fused-ring (bicyclic) bond motifs is 1. The van der Waals surface area contributed by atoms with Crippen LogP contribution in [0.4, 0.5) is 10.1 Å². The zero-order valence-electron chi connectivity index (χ0n) is 30.2.